The summed E-state index contributed by atoms with van der Waals surface area (Å²) in [5.41, 5.74) is 2.42. The zero-order valence-corrected chi connectivity index (χ0v) is 24.8. The van der Waals surface area contributed by atoms with Crippen molar-refractivity contribution in [3.8, 4) is 0 Å². The fraction of sp³-hybridized carbons (Fsp3) is 0.355. The summed E-state index contributed by atoms with van der Waals surface area (Å²) in [6.07, 6.45) is 1.19. The molecule has 3 aromatic rings. The van der Waals surface area contributed by atoms with Crippen LogP contribution in [-0.4, -0.2) is 49.5 Å². The number of amides is 2. The lowest BCUT2D eigenvalue weighted by atomic mass is 10.0. The van der Waals surface area contributed by atoms with Crippen molar-refractivity contribution in [3.05, 3.63) is 101 Å². The Kier molecular flexibility index (Phi) is 9.73. The molecule has 3 aromatic carbocycles. The molecule has 0 spiro atoms. The first-order valence-corrected chi connectivity index (χ1v) is 14.9. The van der Waals surface area contributed by atoms with Gasteiger partial charge in [0, 0.05) is 24.1 Å². The van der Waals surface area contributed by atoms with Crippen LogP contribution in [-0.2, 0) is 32.6 Å². The number of sulfonamides is 1. The van der Waals surface area contributed by atoms with Gasteiger partial charge in [0.05, 0.1) is 11.9 Å². The summed E-state index contributed by atoms with van der Waals surface area (Å²) in [5.74, 6) is -1.57. The van der Waals surface area contributed by atoms with Crippen molar-refractivity contribution < 1.29 is 22.4 Å². The largest absolute Gasteiger partial charge is 0.350 e. The molecular weight excluding hydrogens is 529 g/mol. The van der Waals surface area contributed by atoms with Crippen LogP contribution in [0.3, 0.4) is 0 Å². The number of rotatable bonds is 10. The Morgan fingerprint density at radius 1 is 0.950 bits per heavy atom. The third-order valence-electron chi connectivity index (χ3n) is 6.37. The van der Waals surface area contributed by atoms with Gasteiger partial charge in [-0.15, -0.1) is 0 Å². The predicted molar refractivity (Wildman–Crippen MR) is 157 cm³/mol. The van der Waals surface area contributed by atoms with Crippen molar-refractivity contribution >= 4 is 27.5 Å². The molecule has 9 heteroatoms. The van der Waals surface area contributed by atoms with E-state index in [-0.39, 0.29) is 18.5 Å². The third-order valence-corrected chi connectivity index (χ3v) is 7.49. The minimum atomic E-state index is -3.89. The summed E-state index contributed by atoms with van der Waals surface area (Å²) in [4.78, 5) is 29.1. The molecule has 0 aliphatic heterocycles. The summed E-state index contributed by atoms with van der Waals surface area (Å²) < 4.78 is 41.8. The van der Waals surface area contributed by atoms with Gasteiger partial charge in [0.2, 0.25) is 21.8 Å². The molecule has 0 unspecified atom stereocenters. The van der Waals surface area contributed by atoms with Gasteiger partial charge in [-0.1, -0.05) is 66.2 Å². The molecule has 40 heavy (non-hydrogen) atoms. The van der Waals surface area contributed by atoms with Crippen LogP contribution in [0.1, 0.15) is 43.0 Å². The lowest BCUT2D eigenvalue weighted by Gasteiger charge is -2.35. The molecule has 0 heterocycles. The van der Waals surface area contributed by atoms with Crippen LogP contribution < -0.4 is 9.62 Å². The van der Waals surface area contributed by atoms with Gasteiger partial charge >= 0.3 is 0 Å². The number of carbonyl (C=O) groups excluding carboxylic acids is 2. The van der Waals surface area contributed by atoms with Gasteiger partial charge in [0.25, 0.3) is 0 Å². The fourth-order valence-corrected chi connectivity index (χ4v) is 5.40. The van der Waals surface area contributed by atoms with E-state index in [1.54, 1.807) is 37.3 Å². The lowest BCUT2D eigenvalue weighted by Crippen LogP contribution is -2.56. The van der Waals surface area contributed by atoms with Crippen LogP contribution in [0.5, 0.6) is 0 Å². The molecule has 0 radical (unpaired) electrons. The Morgan fingerprint density at radius 3 is 2.15 bits per heavy atom. The zero-order valence-electron chi connectivity index (χ0n) is 23.9. The number of carbonyl (C=O) groups is 2. The Morgan fingerprint density at radius 2 is 1.57 bits per heavy atom. The Bertz CT molecular complexity index is 1450. The lowest BCUT2D eigenvalue weighted by molar-refractivity contribution is -0.140. The van der Waals surface area contributed by atoms with E-state index < -0.39 is 45.8 Å². The Labute approximate surface area is 237 Å². The number of nitrogens with one attached hydrogen (secondary N) is 1. The third kappa shape index (κ3) is 8.39. The molecule has 1 atom stereocenters. The average molecular weight is 568 g/mol. The normalized spacial score (nSPS) is 12.5. The van der Waals surface area contributed by atoms with E-state index in [1.165, 1.54) is 11.0 Å². The van der Waals surface area contributed by atoms with E-state index in [0.29, 0.717) is 11.3 Å². The molecule has 0 aromatic heterocycles. The van der Waals surface area contributed by atoms with Crippen molar-refractivity contribution in [1.82, 2.24) is 10.2 Å². The van der Waals surface area contributed by atoms with Crippen LogP contribution in [0.2, 0.25) is 0 Å². The molecule has 0 saturated heterocycles. The van der Waals surface area contributed by atoms with E-state index in [4.69, 9.17) is 0 Å². The first kappa shape index (κ1) is 30.8. The second kappa shape index (κ2) is 12.6. The molecule has 0 bridgehead atoms. The van der Waals surface area contributed by atoms with Crippen molar-refractivity contribution in [2.24, 2.45) is 0 Å². The number of aryl methyl sites for hydroxylation is 2. The first-order valence-electron chi connectivity index (χ1n) is 13.1. The molecule has 0 saturated carbocycles. The summed E-state index contributed by atoms with van der Waals surface area (Å²) in [6.45, 7) is 8.40. The summed E-state index contributed by atoms with van der Waals surface area (Å²) in [6, 6.07) is 19.5. The zero-order chi connectivity index (χ0) is 29.7. The quantitative estimate of drug-likeness (QED) is 0.383. The molecule has 0 aliphatic carbocycles. The van der Waals surface area contributed by atoms with Crippen LogP contribution in [0.4, 0.5) is 10.1 Å². The van der Waals surface area contributed by atoms with Gasteiger partial charge in [-0.3, -0.25) is 13.9 Å². The molecule has 7 nitrogen and oxygen atoms in total. The van der Waals surface area contributed by atoms with Crippen molar-refractivity contribution in [2.45, 2.75) is 59.2 Å². The van der Waals surface area contributed by atoms with Crippen molar-refractivity contribution in [3.63, 3.8) is 0 Å². The second-order valence-corrected chi connectivity index (χ2v) is 13.0. The number of hydrogen-bond acceptors (Lipinski definition) is 4. The van der Waals surface area contributed by atoms with Crippen LogP contribution in [0.25, 0.3) is 0 Å². The molecule has 214 valence electrons. The maximum atomic E-state index is 14.8. The maximum Gasteiger partial charge on any atom is 0.244 e. The van der Waals surface area contributed by atoms with Gasteiger partial charge in [-0.05, 0) is 57.9 Å². The molecule has 3 rings (SSSR count). The molecule has 0 aliphatic rings. The van der Waals surface area contributed by atoms with Gasteiger partial charge in [0.1, 0.15) is 18.4 Å². The number of benzene rings is 3. The number of halogens is 1. The highest BCUT2D eigenvalue weighted by Gasteiger charge is 2.35. The van der Waals surface area contributed by atoms with Crippen molar-refractivity contribution in [2.75, 3.05) is 17.1 Å². The standard InChI is InChI=1S/C31H38FN3O4S/c1-22-16-17-27(23(2)18-22)35(40(6,38)39)21-29(36)34(20-25-14-10-11-15-26(25)32)28(30(37)33-31(3,4)5)19-24-12-8-7-9-13-24/h7-18,28H,19-21H2,1-6H3,(H,33,37)/t28-/m0/s1. The predicted octanol–water partition coefficient (Wildman–Crippen LogP) is 4.76. The highest BCUT2D eigenvalue weighted by atomic mass is 32.2. The van der Waals surface area contributed by atoms with E-state index in [2.05, 4.69) is 5.32 Å². The topological polar surface area (TPSA) is 86.8 Å². The highest BCUT2D eigenvalue weighted by Crippen LogP contribution is 2.25. The smallest absolute Gasteiger partial charge is 0.244 e. The summed E-state index contributed by atoms with van der Waals surface area (Å²) in [7, 11) is -3.89. The van der Waals surface area contributed by atoms with Crippen LogP contribution >= 0.6 is 0 Å². The fourth-order valence-electron chi connectivity index (χ4n) is 4.50. The number of nitrogens with zero attached hydrogens (tertiary/aromatic N) is 2. The first-order chi connectivity index (χ1) is 18.7. The van der Waals surface area contributed by atoms with E-state index >= 15 is 0 Å². The van der Waals surface area contributed by atoms with Gasteiger partial charge in [0.15, 0.2) is 0 Å². The highest BCUT2D eigenvalue weighted by molar-refractivity contribution is 7.92. The Balaban J connectivity index is 2.10. The van der Waals surface area contributed by atoms with E-state index in [9.17, 15) is 22.4 Å². The van der Waals surface area contributed by atoms with Gasteiger partial charge in [-0.2, -0.15) is 0 Å². The molecule has 2 amide bonds. The summed E-state index contributed by atoms with van der Waals surface area (Å²) >= 11 is 0. The molecular formula is C31H38FN3O4S. The van der Waals surface area contributed by atoms with Gasteiger partial charge in [-0.25, -0.2) is 12.8 Å². The number of hydrogen-bond donors (Lipinski definition) is 1. The van der Waals surface area contributed by atoms with E-state index in [0.717, 1.165) is 21.7 Å². The Hall–Kier alpha value is -3.72. The monoisotopic (exact) mass is 567 g/mol. The van der Waals surface area contributed by atoms with Crippen LogP contribution in [0, 0.1) is 19.7 Å². The average Bonchev–Trinajstić information content (AvgIpc) is 2.85. The maximum absolute atomic E-state index is 14.8. The van der Waals surface area contributed by atoms with Crippen LogP contribution in [0.15, 0.2) is 72.8 Å². The van der Waals surface area contributed by atoms with Crippen molar-refractivity contribution in [1.29, 1.82) is 0 Å². The number of anilines is 1. The molecule has 1 N–H and O–H groups in total. The minimum absolute atomic E-state index is 0.158. The minimum Gasteiger partial charge on any atom is -0.350 e. The second-order valence-electron chi connectivity index (χ2n) is 11.1. The molecule has 0 fully saturated rings. The van der Waals surface area contributed by atoms with Gasteiger partial charge < -0.3 is 10.2 Å². The SMILES string of the molecule is Cc1ccc(N(CC(=O)N(Cc2ccccc2F)[C@@H](Cc2ccccc2)C(=O)NC(C)(C)C)S(C)(=O)=O)c(C)c1. The summed E-state index contributed by atoms with van der Waals surface area (Å²) in [5, 5.41) is 2.95. The van der Waals surface area contributed by atoms with E-state index in [1.807, 2.05) is 64.1 Å².